The molecule has 0 saturated carbocycles. The van der Waals surface area contributed by atoms with E-state index < -0.39 is 0 Å². The van der Waals surface area contributed by atoms with Gasteiger partial charge in [-0.3, -0.25) is 0 Å². The maximum Gasteiger partial charge on any atom is 0.0176 e. The third-order valence-electron chi connectivity index (χ3n) is 2.36. The van der Waals surface area contributed by atoms with Crippen LogP contribution in [0.25, 0.3) is 0 Å². The summed E-state index contributed by atoms with van der Waals surface area (Å²) < 4.78 is 0. The van der Waals surface area contributed by atoms with Crippen LogP contribution in [0, 0.1) is 11.8 Å². The molecule has 0 bridgehead atoms. The molecule has 0 spiro atoms. The van der Waals surface area contributed by atoms with Gasteiger partial charge in [-0.25, -0.2) is 0 Å². The van der Waals surface area contributed by atoms with Crippen LogP contribution < -0.4 is 0 Å². The van der Waals surface area contributed by atoms with Gasteiger partial charge in [0.15, 0.2) is 0 Å². The summed E-state index contributed by atoms with van der Waals surface area (Å²) in [6.45, 7) is 9.17. The molecule has 0 fully saturated rings. The van der Waals surface area contributed by atoms with E-state index in [4.69, 9.17) is 0 Å². The molecular weight excluding hydrogens is 200 g/mol. The van der Waals surface area contributed by atoms with Gasteiger partial charge in [-0.1, -0.05) is 56.5 Å². The monoisotopic (exact) mass is 220 g/mol. The minimum Gasteiger partial charge on any atom is -0.0888 e. The van der Waals surface area contributed by atoms with E-state index in [-0.39, 0.29) is 0 Å². The molecular formula is C10H21Br. The van der Waals surface area contributed by atoms with Crippen molar-refractivity contribution >= 4 is 15.9 Å². The molecule has 0 aromatic rings. The lowest BCUT2D eigenvalue weighted by Crippen LogP contribution is -2.19. The molecule has 0 aromatic carbocycles. The second kappa shape index (κ2) is 6.05. The van der Waals surface area contributed by atoms with Gasteiger partial charge in [0.25, 0.3) is 0 Å². The quantitative estimate of drug-likeness (QED) is 0.609. The molecule has 0 aliphatic carbocycles. The summed E-state index contributed by atoms with van der Waals surface area (Å²) >= 11 is 3.77. The van der Waals surface area contributed by atoms with Crippen LogP contribution in [0.2, 0.25) is 0 Å². The van der Waals surface area contributed by atoms with Crippen LogP contribution in [0.15, 0.2) is 0 Å². The lowest BCUT2D eigenvalue weighted by atomic mass is 9.88. The molecule has 0 nitrogen and oxygen atoms in total. The average Bonchev–Trinajstić information content (AvgIpc) is 1.88. The van der Waals surface area contributed by atoms with Crippen molar-refractivity contribution in [2.75, 3.05) is 0 Å². The lowest BCUT2D eigenvalue weighted by Gasteiger charge is -2.24. The van der Waals surface area contributed by atoms with Crippen molar-refractivity contribution in [2.24, 2.45) is 11.8 Å². The number of hydrogen-bond donors (Lipinski definition) is 0. The Morgan fingerprint density at radius 3 is 2.00 bits per heavy atom. The number of rotatable bonds is 5. The largest absolute Gasteiger partial charge is 0.0888 e. The molecule has 2 atom stereocenters. The maximum absolute atomic E-state index is 3.77. The van der Waals surface area contributed by atoms with Crippen LogP contribution in [-0.2, 0) is 0 Å². The summed E-state index contributed by atoms with van der Waals surface area (Å²) in [5.41, 5.74) is 0. The third-order valence-corrected chi connectivity index (χ3v) is 3.49. The second-order valence-electron chi connectivity index (χ2n) is 3.62. The van der Waals surface area contributed by atoms with Gasteiger partial charge in [0.05, 0.1) is 0 Å². The SMILES string of the molecule is CCCC(Br)C(CC)C(C)C. The predicted octanol–water partition coefficient (Wildman–Crippen LogP) is 4.23. The van der Waals surface area contributed by atoms with Crippen molar-refractivity contribution in [3.63, 3.8) is 0 Å². The molecule has 1 heteroatoms. The second-order valence-corrected chi connectivity index (χ2v) is 4.80. The minimum atomic E-state index is 0.734. The molecule has 0 saturated heterocycles. The molecule has 0 aliphatic heterocycles. The summed E-state index contributed by atoms with van der Waals surface area (Å²) in [6, 6.07) is 0. The standard InChI is InChI=1S/C10H21Br/c1-5-7-10(11)9(6-2)8(3)4/h8-10H,5-7H2,1-4H3. The van der Waals surface area contributed by atoms with Crippen molar-refractivity contribution in [2.45, 2.75) is 51.8 Å². The van der Waals surface area contributed by atoms with Crippen LogP contribution in [0.3, 0.4) is 0 Å². The van der Waals surface area contributed by atoms with Crippen LogP contribution in [0.5, 0.6) is 0 Å². The van der Waals surface area contributed by atoms with Crippen LogP contribution in [0.1, 0.15) is 47.0 Å². The fraction of sp³-hybridized carbons (Fsp3) is 1.00. The molecule has 0 N–H and O–H groups in total. The Morgan fingerprint density at radius 1 is 1.18 bits per heavy atom. The highest BCUT2D eigenvalue weighted by Gasteiger charge is 2.18. The van der Waals surface area contributed by atoms with E-state index in [1.165, 1.54) is 19.3 Å². The first-order chi connectivity index (χ1) is 5.13. The van der Waals surface area contributed by atoms with E-state index in [1.807, 2.05) is 0 Å². The summed E-state index contributed by atoms with van der Waals surface area (Å²) in [7, 11) is 0. The molecule has 2 unspecified atom stereocenters. The van der Waals surface area contributed by atoms with Gasteiger partial charge in [-0.15, -0.1) is 0 Å². The molecule has 11 heavy (non-hydrogen) atoms. The van der Waals surface area contributed by atoms with E-state index in [2.05, 4.69) is 43.6 Å². The predicted molar refractivity (Wildman–Crippen MR) is 56.2 cm³/mol. The Hall–Kier alpha value is 0.480. The van der Waals surface area contributed by atoms with Gasteiger partial charge in [0, 0.05) is 4.83 Å². The Balaban J connectivity index is 3.81. The van der Waals surface area contributed by atoms with E-state index >= 15 is 0 Å². The molecule has 0 rings (SSSR count). The lowest BCUT2D eigenvalue weighted by molar-refractivity contribution is 0.354. The third kappa shape index (κ3) is 4.15. The Labute approximate surface area is 79.9 Å². The number of hydrogen-bond acceptors (Lipinski definition) is 0. The van der Waals surface area contributed by atoms with E-state index in [0.29, 0.717) is 0 Å². The molecule has 0 aromatic heterocycles. The zero-order valence-electron chi connectivity index (χ0n) is 8.23. The Morgan fingerprint density at radius 2 is 1.73 bits per heavy atom. The van der Waals surface area contributed by atoms with E-state index in [0.717, 1.165) is 16.7 Å². The fourth-order valence-electron chi connectivity index (χ4n) is 1.63. The number of halogens is 1. The average molecular weight is 221 g/mol. The van der Waals surface area contributed by atoms with Crippen molar-refractivity contribution in [1.82, 2.24) is 0 Å². The molecule has 68 valence electrons. The zero-order valence-corrected chi connectivity index (χ0v) is 9.82. The first-order valence-corrected chi connectivity index (χ1v) is 5.69. The van der Waals surface area contributed by atoms with Crippen molar-refractivity contribution in [1.29, 1.82) is 0 Å². The van der Waals surface area contributed by atoms with Crippen molar-refractivity contribution < 1.29 is 0 Å². The van der Waals surface area contributed by atoms with Gasteiger partial charge >= 0.3 is 0 Å². The van der Waals surface area contributed by atoms with E-state index in [1.54, 1.807) is 0 Å². The topological polar surface area (TPSA) is 0 Å². The molecule has 0 aliphatic rings. The summed E-state index contributed by atoms with van der Waals surface area (Å²) in [4.78, 5) is 0.734. The van der Waals surface area contributed by atoms with Gasteiger partial charge in [0.1, 0.15) is 0 Å². The highest BCUT2D eigenvalue weighted by atomic mass is 79.9. The van der Waals surface area contributed by atoms with Crippen molar-refractivity contribution in [3.8, 4) is 0 Å². The van der Waals surface area contributed by atoms with Crippen molar-refractivity contribution in [3.05, 3.63) is 0 Å². The minimum absolute atomic E-state index is 0.734. The molecule has 0 radical (unpaired) electrons. The van der Waals surface area contributed by atoms with Gasteiger partial charge in [-0.2, -0.15) is 0 Å². The fourth-order valence-corrected chi connectivity index (χ4v) is 3.08. The normalized spacial score (nSPS) is 16.9. The summed E-state index contributed by atoms with van der Waals surface area (Å²) in [6.07, 6.45) is 3.91. The zero-order chi connectivity index (χ0) is 8.85. The van der Waals surface area contributed by atoms with Crippen LogP contribution in [0.4, 0.5) is 0 Å². The number of alkyl halides is 1. The Bertz CT molecular complexity index is 88.9. The molecule has 0 heterocycles. The van der Waals surface area contributed by atoms with Gasteiger partial charge in [-0.05, 0) is 18.3 Å². The van der Waals surface area contributed by atoms with Crippen LogP contribution >= 0.6 is 15.9 Å². The van der Waals surface area contributed by atoms with Gasteiger partial charge in [0.2, 0.25) is 0 Å². The van der Waals surface area contributed by atoms with Crippen LogP contribution in [-0.4, -0.2) is 4.83 Å². The summed E-state index contributed by atoms with van der Waals surface area (Å²) in [5, 5.41) is 0. The Kier molecular flexibility index (Phi) is 6.31. The highest BCUT2D eigenvalue weighted by molar-refractivity contribution is 9.09. The van der Waals surface area contributed by atoms with Gasteiger partial charge < -0.3 is 0 Å². The molecule has 0 amide bonds. The first kappa shape index (κ1) is 11.5. The first-order valence-electron chi connectivity index (χ1n) is 4.77. The maximum atomic E-state index is 3.77. The smallest absolute Gasteiger partial charge is 0.0176 e. The van der Waals surface area contributed by atoms with E-state index in [9.17, 15) is 0 Å². The highest BCUT2D eigenvalue weighted by Crippen LogP contribution is 2.27. The summed E-state index contributed by atoms with van der Waals surface area (Å²) in [5.74, 6) is 1.67.